The molecule has 0 aromatic heterocycles. The van der Waals surface area contributed by atoms with E-state index < -0.39 is 5.97 Å². The Balaban J connectivity index is 1.56. The highest BCUT2D eigenvalue weighted by molar-refractivity contribution is 5.66. The van der Waals surface area contributed by atoms with Crippen molar-refractivity contribution >= 4 is 5.97 Å². The van der Waals surface area contributed by atoms with Gasteiger partial charge < -0.3 is 10.2 Å². The van der Waals surface area contributed by atoms with Gasteiger partial charge in [-0.2, -0.15) is 0 Å². The van der Waals surface area contributed by atoms with Crippen molar-refractivity contribution in [1.82, 2.24) is 0 Å². The van der Waals surface area contributed by atoms with E-state index in [1.807, 2.05) is 0 Å². The number of carbonyl (C=O) groups is 1. The fraction of sp³-hybridized carbons (Fsp3) is 0.958. The minimum Gasteiger partial charge on any atom is -0.481 e. The molecule has 27 heavy (non-hydrogen) atoms. The first-order valence-corrected chi connectivity index (χ1v) is 11.7. The van der Waals surface area contributed by atoms with Crippen LogP contribution in [0.25, 0.3) is 0 Å². The molecule has 0 unspecified atom stereocenters. The Morgan fingerprint density at radius 2 is 1.78 bits per heavy atom. The summed E-state index contributed by atoms with van der Waals surface area (Å²) in [4.78, 5) is 11.0. The van der Waals surface area contributed by atoms with E-state index in [9.17, 15) is 9.90 Å². The maximum Gasteiger partial charge on any atom is 0.303 e. The molecule has 4 saturated carbocycles. The van der Waals surface area contributed by atoms with Gasteiger partial charge in [-0.1, -0.05) is 33.6 Å². The Bertz CT molecular complexity index is 574. The molecule has 0 heterocycles. The maximum atomic E-state index is 11.2. The van der Waals surface area contributed by atoms with E-state index >= 15 is 0 Å². The maximum absolute atomic E-state index is 11.2. The summed E-state index contributed by atoms with van der Waals surface area (Å²) < 4.78 is 0. The lowest BCUT2D eigenvalue weighted by Gasteiger charge is -2.62. The molecule has 0 amide bonds. The summed E-state index contributed by atoms with van der Waals surface area (Å²) in [7, 11) is 0. The van der Waals surface area contributed by atoms with Crippen molar-refractivity contribution < 1.29 is 15.0 Å². The Morgan fingerprint density at radius 3 is 2.52 bits per heavy atom. The van der Waals surface area contributed by atoms with Gasteiger partial charge in [0.15, 0.2) is 0 Å². The molecule has 154 valence electrons. The largest absolute Gasteiger partial charge is 0.481 e. The molecule has 0 aromatic rings. The summed E-state index contributed by atoms with van der Waals surface area (Å²) in [5.74, 6) is 3.02. The van der Waals surface area contributed by atoms with Gasteiger partial charge >= 0.3 is 5.97 Å². The van der Waals surface area contributed by atoms with Gasteiger partial charge in [0.1, 0.15) is 0 Å². The zero-order valence-corrected chi connectivity index (χ0v) is 17.6. The smallest absolute Gasteiger partial charge is 0.303 e. The standard InChI is InChI=1S/C24H40O3/c1-15(7-10-21(26)27)17-8-9-18-22-19(11-13-24(17,18)3)23(2)12-5-4-6-16(23)14-20(22)25/h15-20,22,25H,4-14H2,1-3H3,(H,26,27)/t15-,16-,17+,18+,19+,20+,22-,23-,24+/m0/s1. The molecule has 0 radical (unpaired) electrons. The van der Waals surface area contributed by atoms with Crippen LogP contribution in [0, 0.1) is 46.3 Å². The Kier molecular flexibility index (Phi) is 5.15. The van der Waals surface area contributed by atoms with Crippen LogP contribution in [0.2, 0.25) is 0 Å². The molecule has 9 atom stereocenters. The van der Waals surface area contributed by atoms with E-state index in [0.717, 1.165) is 18.8 Å². The summed E-state index contributed by atoms with van der Waals surface area (Å²) in [5.41, 5.74) is 0.758. The van der Waals surface area contributed by atoms with Gasteiger partial charge in [-0.05, 0) is 97.7 Å². The van der Waals surface area contributed by atoms with Crippen LogP contribution >= 0.6 is 0 Å². The number of carboxylic acids is 1. The lowest BCUT2D eigenvalue weighted by Crippen LogP contribution is -2.57. The van der Waals surface area contributed by atoms with Gasteiger partial charge in [-0.25, -0.2) is 0 Å². The minimum absolute atomic E-state index is 0.108. The first-order chi connectivity index (χ1) is 12.8. The first-order valence-electron chi connectivity index (χ1n) is 11.7. The quantitative estimate of drug-likeness (QED) is 0.680. The zero-order valence-electron chi connectivity index (χ0n) is 17.6. The number of aliphatic hydroxyl groups is 1. The number of rotatable bonds is 4. The van der Waals surface area contributed by atoms with Crippen LogP contribution in [0.15, 0.2) is 0 Å². The topological polar surface area (TPSA) is 57.5 Å². The number of carboxylic acid groups (broad SMARTS) is 1. The summed E-state index contributed by atoms with van der Waals surface area (Å²) in [6.45, 7) is 7.33. The lowest BCUT2D eigenvalue weighted by molar-refractivity contribution is -0.164. The molecule has 2 N–H and O–H groups in total. The molecule has 0 spiro atoms. The molecule has 0 aromatic carbocycles. The van der Waals surface area contributed by atoms with Crippen LogP contribution in [0.5, 0.6) is 0 Å². The van der Waals surface area contributed by atoms with Gasteiger partial charge in [0, 0.05) is 6.42 Å². The monoisotopic (exact) mass is 376 g/mol. The van der Waals surface area contributed by atoms with Gasteiger partial charge in [-0.15, -0.1) is 0 Å². The third-order valence-corrected chi connectivity index (χ3v) is 10.2. The van der Waals surface area contributed by atoms with Crippen molar-refractivity contribution in [3.05, 3.63) is 0 Å². The summed E-state index contributed by atoms with van der Waals surface area (Å²) >= 11 is 0. The van der Waals surface area contributed by atoms with Crippen molar-refractivity contribution in [1.29, 1.82) is 0 Å². The van der Waals surface area contributed by atoms with Crippen LogP contribution in [0.1, 0.15) is 91.4 Å². The van der Waals surface area contributed by atoms with E-state index in [1.54, 1.807) is 0 Å². The second kappa shape index (κ2) is 7.04. The second-order valence-electron chi connectivity index (χ2n) is 11.2. The number of hydrogen-bond donors (Lipinski definition) is 2. The SMILES string of the molecule is C[C@@H](CCC(=O)O)[C@H]1CC[C@@H]2[C@@H]3[C@H](O)C[C@@H]4CCCC[C@]4(C)[C@@H]3CC[C@@]21C. The van der Waals surface area contributed by atoms with Gasteiger partial charge in [0.05, 0.1) is 6.10 Å². The van der Waals surface area contributed by atoms with E-state index in [-0.39, 0.29) is 6.10 Å². The minimum atomic E-state index is -0.663. The third kappa shape index (κ3) is 3.07. The molecule has 0 bridgehead atoms. The third-order valence-electron chi connectivity index (χ3n) is 10.2. The fourth-order valence-electron chi connectivity index (χ4n) is 8.78. The number of aliphatic hydroxyl groups excluding tert-OH is 1. The van der Waals surface area contributed by atoms with Crippen LogP contribution in [-0.4, -0.2) is 22.3 Å². The van der Waals surface area contributed by atoms with Gasteiger partial charge in [-0.3, -0.25) is 4.79 Å². The van der Waals surface area contributed by atoms with Gasteiger partial charge in [0.25, 0.3) is 0 Å². The first kappa shape index (κ1) is 19.7. The molecule has 0 aliphatic heterocycles. The summed E-state index contributed by atoms with van der Waals surface area (Å²) in [5, 5.41) is 20.3. The van der Waals surface area contributed by atoms with Gasteiger partial charge in [0.2, 0.25) is 0 Å². The summed E-state index contributed by atoms with van der Waals surface area (Å²) in [6.07, 6.45) is 12.5. The molecule has 4 aliphatic rings. The van der Waals surface area contributed by atoms with E-state index in [1.165, 1.54) is 51.4 Å². The highest BCUT2D eigenvalue weighted by Gasteiger charge is 2.62. The molecule has 4 aliphatic carbocycles. The highest BCUT2D eigenvalue weighted by atomic mass is 16.4. The molecule has 4 rings (SSSR count). The average molecular weight is 377 g/mol. The molecular weight excluding hydrogens is 336 g/mol. The lowest BCUT2D eigenvalue weighted by atomic mass is 9.44. The molecule has 0 saturated heterocycles. The van der Waals surface area contributed by atoms with Crippen molar-refractivity contribution in [3.8, 4) is 0 Å². The Morgan fingerprint density at radius 1 is 1.04 bits per heavy atom. The van der Waals surface area contributed by atoms with Crippen LogP contribution in [0.4, 0.5) is 0 Å². The number of aliphatic carboxylic acids is 1. The van der Waals surface area contributed by atoms with Crippen molar-refractivity contribution in [3.63, 3.8) is 0 Å². The van der Waals surface area contributed by atoms with E-state index in [4.69, 9.17) is 5.11 Å². The summed E-state index contributed by atoms with van der Waals surface area (Å²) in [6, 6.07) is 0. The molecule has 4 fully saturated rings. The molecule has 3 heteroatoms. The Labute approximate surface area is 165 Å². The van der Waals surface area contributed by atoms with Crippen molar-refractivity contribution in [2.75, 3.05) is 0 Å². The normalized spacial score (nSPS) is 50.4. The van der Waals surface area contributed by atoms with Crippen molar-refractivity contribution in [2.24, 2.45) is 46.3 Å². The molecule has 3 nitrogen and oxygen atoms in total. The predicted molar refractivity (Wildman–Crippen MR) is 107 cm³/mol. The van der Waals surface area contributed by atoms with E-state index in [2.05, 4.69) is 20.8 Å². The van der Waals surface area contributed by atoms with Crippen LogP contribution < -0.4 is 0 Å². The van der Waals surface area contributed by atoms with E-state index in [0.29, 0.717) is 46.8 Å². The number of fused-ring (bicyclic) bond motifs is 5. The molecular formula is C24H40O3. The predicted octanol–water partition coefficient (Wildman–Crippen LogP) is 5.51. The Hall–Kier alpha value is -0.570. The second-order valence-corrected chi connectivity index (χ2v) is 11.2. The fourth-order valence-corrected chi connectivity index (χ4v) is 8.78. The zero-order chi connectivity index (χ0) is 19.4. The number of hydrogen-bond acceptors (Lipinski definition) is 2. The average Bonchev–Trinajstić information content (AvgIpc) is 2.97. The van der Waals surface area contributed by atoms with Crippen molar-refractivity contribution in [2.45, 2.75) is 97.5 Å². The van der Waals surface area contributed by atoms with Crippen LogP contribution in [0.3, 0.4) is 0 Å². The highest BCUT2D eigenvalue weighted by Crippen LogP contribution is 2.68. The van der Waals surface area contributed by atoms with Crippen LogP contribution in [-0.2, 0) is 4.79 Å².